The molecule has 18 heavy (non-hydrogen) atoms. The third-order valence-electron chi connectivity index (χ3n) is 3.27. The van der Waals surface area contributed by atoms with Crippen LogP contribution in [-0.2, 0) is 0 Å². The van der Waals surface area contributed by atoms with Gasteiger partial charge in [0.15, 0.2) is 0 Å². The fourth-order valence-electron chi connectivity index (χ4n) is 2.18. The second-order valence-corrected chi connectivity index (χ2v) is 6.91. The largest absolute Gasteiger partial charge is 0.393 e. The van der Waals surface area contributed by atoms with Crippen molar-refractivity contribution in [3.05, 3.63) is 20.3 Å². The molecule has 0 unspecified atom stereocenters. The Morgan fingerprint density at radius 1 is 1.39 bits per heavy atom. The van der Waals surface area contributed by atoms with Crippen LogP contribution in [0.15, 0.2) is 6.07 Å². The van der Waals surface area contributed by atoms with E-state index >= 15 is 0 Å². The first-order chi connectivity index (χ1) is 8.56. The minimum atomic E-state index is -0.172. The molecule has 1 aliphatic carbocycles. The zero-order valence-electron chi connectivity index (χ0n) is 9.79. The molecule has 0 spiro atoms. The highest BCUT2D eigenvalue weighted by Crippen LogP contribution is 2.31. The molecule has 2 N–H and O–H groups in total. The lowest BCUT2D eigenvalue weighted by molar-refractivity contribution is 0.0911. The number of aliphatic hydroxyl groups is 1. The van der Waals surface area contributed by atoms with E-state index in [9.17, 15) is 9.90 Å². The van der Waals surface area contributed by atoms with Crippen molar-refractivity contribution in [3.63, 3.8) is 0 Å². The van der Waals surface area contributed by atoms with Crippen LogP contribution in [0.5, 0.6) is 0 Å². The Morgan fingerprint density at radius 3 is 2.61 bits per heavy atom. The lowest BCUT2D eigenvalue weighted by Crippen LogP contribution is -2.32. The number of carbonyl (C=O) groups is 1. The third-order valence-corrected chi connectivity index (χ3v) is 4.76. The molecule has 1 aliphatic rings. The quantitative estimate of drug-likeness (QED) is 0.900. The van der Waals surface area contributed by atoms with Gasteiger partial charge >= 0.3 is 0 Å². The lowest BCUT2D eigenvalue weighted by Gasteiger charge is -2.25. The number of aliphatic hydroxyl groups excluding tert-OH is 1. The minimum absolute atomic E-state index is 0.165. The molecule has 0 aromatic carbocycles. The van der Waals surface area contributed by atoms with Crippen molar-refractivity contribution in [2.75, 3.05) is 6.54 Å². The minimum Gasteiger partial charge on any atom is -0.393 e. The normalized spacial score (nSPS) is 23.9. The number of nitrogens with one attached hydrogen (secondary N) is 1. The molecule has 0 bridgehead atoms. The van der Waals surface area contributed by atoms with Gasteiger partial charge in [0.05, 0.1) is 16.0 Å². The van der Waals surface area contributed by atoms with Crippen molar-refractivity contribution in [3.8, 4) is 0 Å². The van der Waals surface area contributed by atoms with Crippen LogP contribution >= 0.6 is 34.5 Å². The van der Waals surface area contributed by atoms with Gasteiger partial charge in [-0.3, -0.25) is 4.79 Å². The second kappa shape index (κ2) is 6.24. The fraction of sp³-hybridized carbons (Fsp3) is 0.583. The Kier molecular flexibility index (Phi) is 4.90. The standard InChI is InChI=1S/C12H15Cl2NO2S/c13-10-5-9(11(14)18-10)12(17)15-6-7-1-3-8(16)4-2-7/h5,7-8,16H,1-4,6H2,(H,15,17). The molecule has 1 saturated carbocycles. The average Bonchev–Trinajstić information content (AvgIpc) is 2.67. The average molecular weight is 308 g/mol. The van der Waals surface area contributed by atoms with E-state index in [0.717, 1.165) is 25.7 Å². The summed E-state index contributed by atoms with van der Waals surface area (Å²) in [5.41, 5.74) is 0.447. The Balaban J connectivity index is 1.83. The SMILES string of the molecule is O=C(NCC1CCC(O)CC1)c1cc(Cl)sc1Cl. The molecule has 100 valence electrons. The first-order valence-electron chi connectivity index (χ1n) is 5.97. The van der Waals surface area contributed by atoms with Crippen LogP contribution in [0.4, 0.5) is 0 Å². The number of rotatable bonds is 3. The molecule has 0 aliphatic heterocycles. The maximum atomic E-state index is 11.9. The van der Waals surface area contributed by atoms with E-state index in [1.54, 1.807) is 6.07 Å². The van der Waals surface area contributed by atoms with E-state index in [-0.39, 0.29) is 12.0 Å². The first-order valence-corrected chi connectivity index (χ1v) is 7.54. The van der Waals surface area contributed by atoms with Crippen molar-refractivity contribution in [2.24, 2.45) is 5.92 Å². The van der Waals surface area contributed by atoms with Crippen LogP contribution in [0, 0.1) is 5.92 Å². The van der Waals surface area contributed by atoms with E-state index < -0.39 is 0 Å². The topological polar surface area (TPSA) is 49.3 Å². The molecule has 1 amide bonds. The molecule has 0 atom stereocenters. The maximum absolute atomic E-state index is 11.9. The number of thiophene rings is 1. The van der Waals surface area contributed by atoms with Gasteiger partial charge in [-0.05, 0) is 37.7 Å². The fourth-order valence-corrected chi connectivity index (χ4v) is 3.63. The first kappa shape index (κ1) is 14.1. The summed E-state index contributed by atoms with van der Waals surface area (Å²) < 4.78 is 0.947. The van der Waals surface area contributed by atoms with Gasteiger partial charge in [-0.15, -0.1) is 11.3 Å². The Hall–Kier alpha value is -0.290. The Morgan fingerprint density at radius 2 is 2.06 bits per heavy atom. The van der Waals surface area contributed by atoms with E-state index in [1.165, 1.54) is 11.3 Å². The van der Waals surface area contributed by atoms with Crippen LogP contribution in [0.1, 0.15) is 36.0 Å². The van der Waals surface area contributed by atoms with Crippen LogP contribution in [-0.4, -0.2) is 23.7 Å². The summed E-state index contributed by atoms with van der Waals surface area (Å²) in [5, 5.41) is 12.3. The van der Waals surface area contributed by atoms with Crippen LogP contribution in [0.2, 0.25) is 8.67 Å². The summed E-state index contributed by atoms with van der Waals surface area (Å²) in [6.07, 6.45) is 3.40. The van der Waals surface area contributed by atoms with Gasteiger partial charge in [-0.2, -0.15) is 0 Å². The van der Waals surface area contributed by atoms with E-state index in [0.29, 0.717) is 26.7 Å². The monoisotopic (exact) mass is 307 g/mol. The van der Waals surface area contributed by atoms with E-state index in [1.807, 2.05) is 0 Å². The summed E-state index contributed by atoms with van der Waals surface area (Å²) in [6.45, 7) is 0.634. The molecule has 1 aromatic rings. The van der Waals surface area contributed by atoms with Gasteiger partial charge < -0.3 is 10.4 Å². The number of hydrogen-bond donors (Lipinski definition) is 2. The number of carbonyl (C=O) groups excluding carboxylic acids is 1. The van der Waals surface area contributed by atoms with Gasteiger partial charge in [0, 0.05) is 6.54 Å². The molecular weight excluding hydrogens is 293 g/mol. The van der Waals surface area contributed by atoms with Crippen LogP contribution in [0.25, 0.3) is 0 Å². The Labute approximate surface area is 120 Å². The maximum Gasteiger partial charge on any atom is 0.253 e. The molecule has 2 rings (SSSR count). The summed E-state index contributed by atoms with van der Waals surface area (Å²) in [7, 11) is 0. The molecule has 1 fully saturated rings. The lowest BCUT2D eigenvalue weighted by atomic mass is 9.87. The zero-order chi connectivity index (χ0) is 13.1. The second-order valence-electron chi connectivity index (χ2n) is 4.62. The van der Waals surface area contributed by atoms with Gasteiger partial charge in [-0.1, -0.05) is 23.2 Å². The van der Waals surface area contributed by atoms with Crippen molar-refractivity contribution < 1.29 is 9.90 Å². The van der Waals surface area contributed by atoms with Gasteiger partial charge in [-0.25, -0.2) is 0 Å². The van der Waals surface area contributed by atoms with E-state index in [2.05, 4.69) is 5.32 Å². The zero-order valence-corrected chi connectivity index (χ0v) is 12.1. The number of hydrogen-bond acceptors (Lipinski definition) is 3. The van der Waals surface area contributed by atoms with Gasteiger partial charge in [0.1, 0.15) is 4.34 Å². The highest BCUT2D eigenvalue weighted by atomic mass is 35.5. The van der Waals surface area contributed by atoms with Crippen molar-refractivity contribution in [1.82, 2.24) is 5.32 Å². The predicted molar refractivity (Wildman–Crippen MR) is 74.6 cm³/mol. The predicted octanol–water partition coefficient (Wildman–Crippen LogP) is 3.34. The number of amides is 1. The summed E-state index contributed by atoms with van der Waals surface area (Å²) in [6, 6.07) is 1.59. The highest BCUT2D eigenvalue weighted by molar-refractivity contribution is 7.20. The summed E-state index contributed by atoms with van der Waals surface area (Å²) in [4.78, 5) is 11.9. The van der Waals surface area contributed by atoms with Crippen LogP contribution < -0.4 is 5.32 Å². The summed E-state index contributed by atoms with van der Waals surface area (Å²) in [5.74, 6) is 0.277. The summed E-state index contributed by atoms with van der Waals surface area (Å²) >= 11 is 12.9. The third kappa shape index (κ3) is 3.60. The van der Waals surface area contributed by atoms with E-state index in [4.69, 9.17) is 23.2 Å². The molecule has 1 aromatic heterocycles. The highest BCUT2D eigenvalue weighted by Gasteiger charge is 2.21. The molecule has 1 heterocycles. The molecular formula is C12H15Cl2NO2S. The molecule has 0 radical (unpaired) electrons. The van der Waals surface area contributed by atoms with Gasteiger partial charge in [0.2, 0.25) is 0 Å². The van der Waals surface area contributed by atoms with Crippen molar-refractivity contribution in [1.29, 1.82) is 0 Å². The smallest absolute Gasteiger partial charge is 0.253 e. The molecule has 6 heteroatoms. The molecule has 0 saturated heterocycles. The van der Waals surface area contributed by atoms with Crippen molar-refractivity contribution >= 4 is 40.4 Å². The van der Waals surface area contributed by atoms with Crippen LogP contribution in [0.3, 0.4) is 0 Å². The van der Waals surface area contributed by atoms with Gasteiger partial charge in [0.25, 0.3) is 5.91 Å². The molecule has 3 nitrogen and oxygen atoms in total. The Bertz CT molecular complexity index is 428. The number of halogens is 2. The van der Waals surface area contributed by atoms with Crippen molar-refractivity contribution in [2.45, 2.75) is 31.8 Å².